The molecule has 0 saturated heterocycles. The third-order valence-corrected chi connectivity index (χ3v) is 7.26. The number of carbonyl (C=O) groups excluding carboxylic acids is 1. The number of ether oxygens (including phenoxy) is 3. The molecule has 0 fully saturated rings. The van der Waals surface area contributed by atoms with Gasteiger partial charge in [-0.15, -0.1) is 0 Å². The summed E-state index contributed by atoms with van der Waals surface area (Å²) in [5.41, 5.74) is 0.828. The minimum Gasteiger partial charge on any atom is -0.490 e. The first-order chi connectivity index (χ1) is 14.5. The normalized spacial score (nSPS) is 11.6. The Morgan fingerprint density at radius 2 is 1.57 bits per heavy atom. The van der Waals surface area contributed by atoms with Crippen molar-refractivity contribution in [1.29, 1.82) is 0 Å². The molecule has 30 heavy (non-hydrogen) atoms. The summed E-state index contributed by atoms with van der Waals surface area (Å²) in [5.74, 6) is 0.915. The van der Waals surface area contributed by atoms with Crippen molar-refractivity contribution in [3.63, 3.8) is 0 Å². The van der Waals surface area contributed by atoms with Crippen LogP contribution in [0.25, 0.3) is 6.08 Å². The minimum absolute atomic E-state index is 0.406. The van der Waals surface area contributed by atoms with Crippen LogP contribution in [0, 0.1) is 0 Å². The molecule has 0 atom stereocenters. The molecule has 8 heteroatoms. The van der Waals surface area contributed by atoms with Gasteiger partial charge in [-0.3, -0.25) is 0 Å². The largest absolute Gasteiger partial charge is 0.500 e. The maximum atomic E-state index is 11.3. The van der Waals surface area contributed by atoms with E-state index in [1.807, 2.05) is 45.9 Å². The zero-order chi connectivity index (χ0) is 22.2. The third-order valence-electron chi connectivity index (χ3n) is 4.11. The summed E-state index contributed by atoms with van der Waals surface area (Å²) in [7, 11) is -1.27. The Kier molecular flexibility index (Phi) is 13.1. The molecule has 0 aromatic heterocycles. The first kappa shape index (κ1) is 26.2. The van der Waals surface area contributed by atoms with Crippen molar-refractivity contribution in [3.8, 4) is 11.5 Å². The smallest absolute Gasteiger partial charge is 0.490 e. The molecule has 0 radical (unpaired) electrons. The van der Waals surface area contributed by atoms with E-state index >= 15 is 0 Å². The van der Waals surface area contributed by atoms with Gasteiger partial charge in [0.05, 0.1) is 20.3 Å². The second-order valence-corrected chi connectivity index (χ2v) is 9.02. The van der Waals surface area contributed by atoms with Crippen molar-refractivity contribution in [2.75, 3.05) is 40.1 Å². The highest BCUT2D eigenvalue weighted by atomic mass is 28.4. The molecular weight excluding hydrogens is 404 g/mol. The van der Waals surface area contributed by atoms with Crippen molar-refractivity contribution in [3.05, 3.63) is 29.8 Å². The summed E-state index contributed by atoms with van der Waals surface area (Å²) in [6.07, 6.45) is 4.76. The van der Waals surface area contributed by atoms with Crippen LogP contribution in [0.4, 0.5) is 0 Å². The van der Waals surface area contributed by atoms with Gasteiger partial charge >= 0.3 is 14.8 Å². The van der Waals surface area contributed by atoms with Crippen LogP contribution in [-0.4, -0.2) is 54.9 Å². The van der Waals surface area contributed by atoms with E-state index in [9.17, 15) is 4.79 Å². The lowest BCUT2D eigenvalue weighted by Gasteiger charge is -2.28. The summed E-state index contributed by atoms with van der Waals surface area (Å²) < 4.78 is 33.9. The third kappa shape index (κ3) is 9.29. The maximum absolute atomic E-state index is 11.3. The van der Waals surface area contributed by atoms with Crippen LogP contribution in [-0.2, 0) is 22.8 Å². The number of unbranched alkanes of at least 4 members (excludes halogenated alkanes) is 1. The predicted molar refractivity (Wildman–Crippen MR) is 119 cm³/mol. The van der Waals surface area contributed by atoms with Gasteiger partial charge in [0.15, 0.2) is 11.5 Å². The van der Waals surface area contributed by atoms with Crippen LogP contribution in [0.15, 0.2) is 24.3 Å². The Labute approximate surface area is 181 Å². The van der Waals surface area contributed by atoms with Crippen LogP contribution in [0.2, 0.25) is 6.04 Å². The zero-order valence-electron chi connectivity index (χ0n) is 18.9. The molecule has 0 unspecified atom stereocenters. The van der Waals surface area contributed by atoms with E-state index in [1.54, 1.807) is 6.08 Å². The predicted octanol–water partition coefficient (Wildman–Crippen LogP) is 4.48. The maximum Gasteiger partial charge on any atom is 0.500 e. The monoisotopic (exact) mass is 440 g/mol. The number of benzene rings is 1. The first-order valence-electron chi connectivity index (χ1n) is 10.6. The van der Waals surface area contributed by atoms with Gasteiger partial charge in [-0.25, -0.2) is 4.79 Å². The molecule has 0 aliphatic carbocycles. The number of methoxy groups -OCH3 is 1. The summed E-state index contributed by atoms with van der Waals surface area (Å²) in [6, 6.07) is 6.31. The van der Waals surface area contributed by atoms with E-state index in [2.05, 4.69) is 4.74 Å². The summed E-state index contributed by atoms with van der Waals surface area (Å²) in [4.78, 5) is 11.3. The van der Waals surface area contributed by atoms with Gasteiger partial charge in [-0.05, 0) is 64.3 Å². The van der Waals surface area contributed by atoms with E-state index in [1.165, 1.54) is 13.2 Å². The van der Waals surface area contributed by atoms with Crippen molar-refractivity contribution in [1.82, 2.24) is 0 Å². The fourth-order valence-electron chi connectivity index (χ4n) is 2.88. The number of rotatable bonds is 16. The van der Waals surface area contributed by atoms with Gasteiger partial charge in [-0.2, -0.15) is 0 Å². The molecule has 0 saturated carbocycles. The topological polar surface area (TPSA) is 72.5 Å². The highest BCUT2D eigenvalue weighted by molar-refractivity contribution is 6.60. The molecule has 1 aromatic rings. The van der Waals surface area contributed by atoms with Crippen LogP contribution >= 0.6 is 0 Å². The lowest BCUT2D eigenvalue weighted by Crippen LogP contribution is -2.45. The molecule has 0 amide bonds. The lowest BCUT2D eigenvalue weighted by molar-refractivity contribution is -0.134. The van der Waals surface area contributed by atoms with Gasteiger partial charge in [0, 0.05) is 31.9 Å². The molecule has 0 N–H and O–H groups in total. The summed E-state index contributed by atoms with van der Waals surface area (Å²) in [5, 5.41) is 0. The van der Waals surface area contributed by atoms with E-state index in [0.717, 1.165) is 24.4 Å². The molecule has 0 heterocycles. The molecule has 0 spiro atoms. The van der Waals surface area contributed by atoms with Crippen LogP contribution in [0.5, 0.6) is 11.5 Å². The van der Waals surface area contributed by atoms with E-state index in [0.29, 0.717) is 44.5 Å². The van der Waals surface area contributed by atoms with Crippen LogP contribution in [0.3, 0.4) is 0 Å². The fraction of sp³-hybridized carbons (Fsp3) is 0.591. The summed E-state index contributed by atoms with van der Waals surface area (Å²) in [6.45, 7) is 10.6. The minimum atomic E-state index is -2.62. The molecule has 1 rings (SSSR count). The molecular formula is C22H36O7Si. The van der Waals surface area contributed by atoms with E-state index in [4.69, 9.17) is 22.8 Å². The van der Waals surface area contributed by atoms with Gasteiger partial charge < -0.3 is 27.5 Å². The second kappa shape index (κ2) is 15.0. The van der Waals surface area contributed by atoms with Gasteiger partial charge in [0.2, 0.25) is 0 Å². The number of hydrogen-bond acceptors (Lipinski definition) is 7. The first-order valence-corrected chi connectivity index (χ1v) is 12.5. The van der Waals surface area contributed by atoms with Crippen molar-refractivity contribution < 1.29 is 32.3 Å². The summed E-state index contributed by atoms with van der Waals surface area (Å²) >= 11 is 0. The standard InChI is InChI=1S/C22H36O7Si/c1-6-25-20-14-12-19(13-15-22(23)24-5)18-21(20)26-16-10-11-17-30(27-7-2,28-8-3)29-9-4/h12-15,18H,6-11,16-17H2,1-5H3. The molecule has 1 aromatic carbocycles. The number of esters is 1. The van der Waals surface area contributed by atoms with Crippen molar-refractivity contribution >= 4 is 20.8 Å². The SMILES string of the molecule is CCOc1ccc(C=CC(=O)OC)cc1OCCCC[Si](OCC)(OCC)OCC. The Hall–Kier alpha value is -1.87. The van der Waals surface area contributed by atoms with Gasteiger partial charge in [0.25, 0.3) is 0 Å². The highest BCUT2D eigenvalue weighted by Crippen LogP contribution is 2.29. The average molecular weight is 441 g/mol. The highest BCUT2D eigenvalue weighted by Gasteiger charge is 2.39. The zero-order valence-corrected chi connectivity index (χ0v) is 19.9. The molecule has 0 aliphatic heterocycles. The van der Waals surface area contributed by atoms with Crippen LogP contribution < -0.4 is 9.47 Å². The molecule has 0 bridgehead atoms. The number of hydrogen-bond donors (Lipinski definition) is 0. The van der Waals surface area contributed by atoms with Crippen molar-refractivity contribution in [2.24, 2.45) is 0 Å². The average Bonchev–Trinajstić information content (AvgIpc) is 2.74. The van der Waals surface area contributed by atoms with E-state index < -0.39 is 14.8 Å². The van der Waals surface area contributed by atoms with Crippen molar-refractivity contribution in [2.45, 2.75) is 46.6 Å². The quantitative estimate of drug-likeness (QED) is 0.162. The Bertz CT molecular complexity index is 631. The fourth-order valence-corrected chi connectivity index (χ4v) is 5.56. The van der Waals surface area contributed by atoms with Crippen LogP contribution in [0.1, 0.15) is 46.1 Å². The molecule has 170 valence electrons. The second-order valence-electron chi connectivity index (χ2n) is 6.28. The molecule has 7 nitrogen and oxygen atoms in total. The lowest BCUT2D eigenvalue weighted by atomic mass is 10.2. The van der Waals surface area contributed by atoms with E-state index in [-0.39, 0.29) is 0 Å². The van der Waals surface area contributed by atoms with Gasteiger partial charge in [-0.1, -0.05) is 6.07 Å². The van der Waals surface area contributed by atoms with Gasteiger partial charge in [0.1, 0.15) is 0 Å². The molecule has 0 aliphatic rings. The number of carbonyl (C=O) groups is 1. The Morgan fingerprint density at radius 3 is 2.13 bits per heavy atom. The Morgan fingerprint density at radius 1 is 0.900 bits per heavy atom. The Balaban J connectivity index is 2.68.